The largest absolute Gasteiger partial charge is 0.457 e. The Labute approximate surface area is 126 Å². The fourth-order valence-corrected chi connectivity index (χ4v) is 2.27. The van der Waals surface area contributed by atoms with Gasteiger partial charge in [0.15, 0.2) is 12.4 Å². The Kier molecular flexibility index (Phi) is 3.50. The highest BCUT2D eigenvalue weighted by Crippen LogP contribution is 2.32. The van der Waals surface area contributed by atoms with Crippen molar-refractivity contribution in [3.8, 4) is 0 Å². The molecule has 1 aromatic carbocycles. The lowest BCUT2D eigenvalue weighted by atomic mass is 9.99. The molecule has 22 heavy (non-hydrogen) atoms. The van der Waals surface area contributed by atoms with E-state index in [1.165, 1.54) is 12.3 Å². The Morgan fingerprint density at radius 2 is 2.14 bits per heavy atom. The van der Waals surface area contributed by atoms with Crippen LogP contribution in [-0.2, 0) is 9.53 Å². The minimum absolute atomic E-state index is 0.0465. The summed E-state index contributed by atoms with van der Waals surface area (Å²) in [5.41, 5.74) is 1.88. The molecule has 112 valence electrons. The number of amides is 1. The van der Waals surface area contributed by atoms with Gasteiger partial charge in [-0.3, -0.25) is 9.59 Å². The van der Waals surface area contributed by atoms with Crippen LogP contribution in [0.4, 0.5) is 5.69 Å². The number of esters is 1. The quantitative estimate of drug-likeness (QED) is 0.692. The Balaban J connectivity index is 1.69. The third-order valence-electron chi connectivity index (χ3n) is 3.55. The summed E-state index contributed by atoms with van der Waals surface area (Å²) in [5, 5.41) is 2.73. The van der Waals surface area contributed by atoms with Gasteiger partial charge in [0.25, 0.3) is 0 Å². The number of anilines is 1. The van der Waals surface area contributed by atoms with Gasteiger partial charge in [0.2, 0.25) is 11.7 Å². The molecule has 0 aliphatic carbocycles. The second-order valence-electron chi connectivity index (χ2n) is 4.99. The molecule has 6 nitrogen and oxygen atoms in total. The molecule has 0 saturated heterocycles. The SMILES string of the molecule is C[C@@H]1C(=O)Nc2ccc(C(=O)COC(=O)c3ccco3)cc21. The van der Waals surface area contributed by atoms with E-state index in [-0.39, 0.29) is 30.0 Å². The van der Waals surface area contributed by atoms with E-state index >= 15 is 0 Å². The molecule has 1 amide bonds. The maximum atomic E-state index is 12.1. The molecule has 0 fully saturated rings. The van der Waals surface area contributed by atoms with Crippen LogP contribution < -0.4 is 5.32 Å². The molecule has 3 rings (SSSR count). The van der Waals surface area contributed by atoms with Crippen molar-refractivity contribution in [3.63, 3.8) is 0 Å². The summed E-state index contributed by atoms with van der Waals surface area (Å²) < 4.78 is 9.79. The van der Waals surface area contributed by atoms with Crippen LogP contribution in [0.5, 0.6) is 0 Å². The number of Topliss-reactive ketones (excluding diaryl/α,β-unsaturated/α-hetero) is 1. The number of carbonyl (C=O) groups is 3. The van der Waals surface area contributed by atoms with Gasteiger partial charge in [-0.2, -0.15) is 0 Å². The molecule has 1 N–H and O–H groups in total. The third-order valence-corrected chi connectivity index (χ3v) is 3.55. The number of hydrogen-bond acceptors (Lipinski definition) is 5. The molecule has 0 saturated carbocycles. The number of hydrogen-bond donors (Lipinski definition) is 1. The molecule has 0 unspecified atom stereocenters. The Morgan fingerprint density at radius 1 is 1.32 bits per heavy atom. The first-order valence-corrected chi connectivity index (χ1v) is 6.75. The number of benzene rings is 1. The lowest BCUT2D eigenvalue weighted by Gasteiger charge is -2.06. The molecule has 0 bridgehead atoms. The fourth-order valence-electron chi connectivity index (χ4n) is 2.27. The summed E-state index contributed by atoms with van der Waals surface area (Å²) >= 11 is 0. The molecule has 1 aliphatic rings. The monoisotopic (exact) mass is 299 g/mol. The van der Waals surface area contributed by atoms with E-state index in [0.717, 1.165) is 5.56 Å². The molecule has 2 heterocycles. The maximum Gasteiger partial charge on any atom is 0.374 e. The van der Waals surface area contributed by atoms with E-state index in [1.54, 1.807) is 31.2 Å². The van der Waals surface area contributed by atoms with Crippen LogP contribution in [-0.4, -0.2) is 24.3 Å². The van der Waals surface area contributed by atoms with E-state index in [4.69, 9.17) is 9.15 Å². The van der Waals surface area contributed by atoms with Gasteiger partial charge in [0.1, 0.15) is 0 Å². The first-order valence-electron chi connectivity index (χ1n) is 6.75. The predicted octanol–water partition coefficient (Wildman–Crippen LogP) is 2.37. The molecule has 0 spiro atoms. The summed E-state index contributed by atoms with van der Waals surface area (Å²) in [4.78, 5) is 35.3. The van der Waals surface area contributed by atoms with Gasteiger partial charge in [-0.05, 0) is 42.8 Å². The second-order valence-corrected chi connectivity index (χ2v) is 4.99. The van der Waals surface area contributed by atoms with Crippen molar-refractivity contribution in [1.82, 2.24) is 0 Å². The van der Waals surface area contributed by atoms with Gasteiger partial charge in [0, 0.05) is 11.3 Å². The number of ether oxygens (including phenoxy) is 1. The van der Waals surface area contributed by atoms with Crippen LogP contribution in [0.1, 0.15) is 39.3 Å². The van der Waals surface area contributed by atoms with Crippen LogP contribution >= 0.6 is 0 Å². The van der Waals surface area contributed by atoms with Crippen molar-refractivity contribution >= 4 is 23.3 Å². The van der Waals surface area contributed by atoms with Crippen molar-refractivity contribution in [2.24, 2.45) is 0 Å². The molecule has 2 aromatic rings. The zero-order valence-electron chi connectivity index (χ0n) is 11.8. The minimum atomic E-state index is -0.690. The van der Waals surface area contributed by atoms with Gasteiger partial charge in [-0.15, -0.1) is 0 Å². The van der Waals surface area contributed by atoms with Gasteiger partial charge >= 0.3 is 5.97 Å². The minimum Gasteiger partial charge on any atom is -0.457 e. The zero-order chi connectivity index (χ0) is 15.7. The number of nitrogens with one attached hydrogen (secondary N) is 1. The zero-order valence-corrected chi connectivity index (χ0v) is 11.8. The molecule has 6 heteroatoms. The van der Waals surface area contributed by atoms with Crippen LogP contribution in [0.2, 0.25) is 0 Å². The molecule has 1 atom stereocenters. The van der Waals surface area contributed by atoms with Crippen molar-refractivity contribution in [1.29, 1.82) is 0 Å². The summed E-state index contributed by atoms with van der Waals surface area (Å²) in [6.07, 6.45) is 1.35. The molecular formula is C16H13NO5. The number of furan rings is 1. The van der Waals surface area contributed by atoms with Gasteiger partial charge in [-0.25, -0.2) is 4.79 Å². The molecule has 1 aliphatic heterocycles. The lowest BCUT2D eigenvalue weighted by Crippen LogP contribution is -2.14. The summed E-state index contributed by atoms with van der Waals surface area (Å²) in [5.74, 6) is -1.37. The molecule has 1 aromatic heterocycles. The number of rotatable bonds is 4. The first-order chi connectivity index (χ1) is 10.6. The summed E-state index contributed by atoms with van der Waals surface area (Å²) in [6.45, 7) is 1.39. The highest BCUT2D eigenvalue weighted by molar-refractivity contribution is 6.05. The van der Waals surface area contributed by atoms with Gasteiger partial charge < -0.3 is 14.5 Å². The van der Waals surface area contributed by atoms with Gasteiger partial charge in [0.05, 0.1) is 12.2 Å². The number of ketones is 1. The first kappa shape index (κ1) is 14.1. The predicted molar refractivity (Wildman–Crippen MR) is 76.8 cm³/mol. The average Bonchev–Trinajstić information content (AvgIpc) is 3.14. The van der Waals surface area contributed by atoms with Crippen LogP contribution in [0.15, 0.2) is 41.0 Å². The fraction of sp³-hybridized carbons (Fsp3) is 0.188. The van der Waals surface area contributed by atoms with Crippen LogP contribution in [0.25, 0.3) is 0 Å². The van der Waals surface area contributed by atoms with E-state index in [2.05, 4.69) is 5.32 Å². The Morgan fingerprint density at radius 3 is 2.86 bits per heavy atom. The topological polar surface area (TPSA) is 85.6 Å². The van der Waals surface area contributed by atoms with E-state index in [9.17, 15) is 14.4 Å². The lowest BCUT2D eigenvalue weighted by molar-refractivity contribution is -0.116. The van der Waals surface area contributed by atoms with Crippen molar-refractivity contribution in [2.45, 2.75) is 12.8 Å². The van der Waals surface area contributed by atoms with Crippen LogP contribution in [0, 0.1) is 0 Å². The highest BCUT2D eigenvalue weighted by atomic mass is 16.5. The summed E-state index contributed by atoms with van der Waals surface area (Å²) in [7, 11) is 0. The highest BCUT2D eigenvalue weighted by Gasteiger charge is 2.27. The second kappa shape index (κ2) is 5.48. The summed E-state index contributed by atoms with van der Waals surface area (Å²) in [6, 6.07) is 7.95. The molecule has 0 radical (unpaired) electrons. The van der Waals surface area contributed by atoms with Crippen molar-refractivity contribution < 1.29 is 23.5 Å². The number of fused-ring (bicyclic) bond motifs is 1. The van der Waals surface area contributed by atoms with Crippen molar-refractivity contribution in [3.05, 3.63) is 53.5 Å². The van der Waals surface area contributed by atoms with Gasteiger partial charge in [-0.1, -0.05) is 0 Å². The normalized spacial score (nSPS) is 16.0. The standard InChI is InChI=1S/C16H13NO5/c1-9-11-7-10(4-5-12(11)17-15(9)19)13(18)8-22-16(20)14-3-2-6-21-14/h2-7,9H,8H2,1H3,(H,17,19)/t9-/m0/s1. The molecular weight excluding hydrogens is 286 g/mol. The average molecular weight is 299 g/mol. The van der Waals surface area contributed by atoms with E-state index in [0.29, 0.717) is 11.3 Å². The van der Waals surface area contributed by atoms with Crippen molar-refractivity contribution in [2.75, 3.05) is 11.9 Å². The third kappa shape index (κ3) is 2.50. The maximum absolute atomic E-state index is 12.1. The van der Waals surface area contributed by atoms with Crippen LogP contribution in [0.3, 0.4) is 0 Å². The Hall–Kier alpha value is -2.89. The number of carbonyl (C=O) groups excluding carboxylic acids is 3. The van der Waals surface area contributed by atoms with E-state index < -0.39 is 5.97 Å². The Bertz CT molecular complexity index is 748. The smallest absolute Gasteiger partial charge is 0.374 e. The van der Waals surface area contributed by atoms with E-state index in [1.807, 2.05) is 0 Å².